The fraction of sp³-hybridized carbons (Fsp3) is 0.348. The van der Waals surface area contributed by atoms with Gasteiger partial charge in [0.1, 0.15) is 5.75 Å². The number of carbonyl (C=O) groups excluding carboxylic acids is 3. The molecule has 3 rings (SSSR count). The Kier molecular flexibility index (Phi) is 5.73. The van der Waals surface area contributed by atoms with E-state index in [4.69, 9.17) is 4.74 Å². The van der Waals surface area contributed by atoms with Crippen LogP contribution < -0.4 is 10.1 Å². The van der Waals surface area contributed by atoms with Gasteiger partial charge in [0.2, 0.25) is 5.91 Å². The van der Waals surface area contributed by atoms with Crippen LogP contribution in [0.2, 0.25) is 0 Å². The fourth-order valence-corrected chi connectivity index (χ4v) is 3.32. The molecule has 2 aromatic carbocycles. The Hall–Kier alpha value is -3.15. The number of fused-ring (bicyclic) bond motifs is 1. The molecule has 6 nitrogen and oxygen atoms in total. The number of nitrogens with one attached hydrogen (secondary N) is 1. The molecule has 0 radical (unpaired) electrons. The van der Waals surface area contributed by atoms with Crippen molar-refractivity contribution in [2.75, 3.05) is 19.0 Å². The first-order chi connectivity index (χ1) is 13.7. The lowest BCUT2D eigenvalue weighted by Gasteiger charge is -2.21. The van der Waals surface area contributed by atoms with E-state index in [9.17, 15) is 14.4 Å². The maximum absolute atomic E-state index is 12.4. The first kappa shape index (κ1) is 20.6. The average Bonchev–Trinajstić information content (AvgIpc) is 2.92. The van der Waals surface area contributed by atoms with E-state index in [-0.39, 0.29) is 36.1 Å². The van der Waals surface area contributed by atoms with Crippen LogP contribution in [0.3, 0.4) is 0 Å². The molecule has 0 aromatic heterocycles. The standard InChI is InChI=1S/C23H26N2O4/c1-23(2,3)15-11-12-19(29-4)18(14-15)24-20(26)10-7-13-25-21(27)16-8-5-6-9-17(16)22(25)28/h5-6,8-9,11-12,14H,7,10,13H2,1-4H3,(H,24,26). The van der Waals surface area contributed by atoms with Crippen LogP contribution >= 0.6 is 0 Å². The summed E-state index contributed by atoms with van der Waals surface area (Å²) in [5.74, 6) is -0.200. The monoisotopic (exact) mass is 394 g/mol. The van der Waals surface area contributed by atoms with Gasteiger partial charge in [-0.25, -0.2) is 0 Å². The molecule has 0 saturated carbocycles. The van der Waals surface area contributed by atoms with Crippen molar-refractivity contribution in [3.63, 3.8) is 0 Å². The SMILES string of the molecule is COc1ccc(C(C)(C)C)cc1NC(=O)CCCN1C(=O)c2ccccc2C1=O. The molecule has 1 heterocycles. The molecule has 0 spiro atoms. The van der Waals surface area contributed by atoms with Crippen LogP contribution in [0.15, 0.2) is 42.5 Å². The van der Waals surface area contributed by atoms with Gasteiger partial charge in [-0.3, -0.25) is 19.3 Å². The third kappa shape index (κ3) is 4.31. The van der Waals surface area contributed by atoms with Crippen LogP contribution in [-0.2, 0) is 10.2 Å². The molecule has 29 heavy (non-hydrogen) atoms. The van der Waals surface area contributed by atoms with Gasteiger partial charge >= 0.3 is 0 Å². The normalized spacial score (nSPS) is 13.4. The van der Waals surface area contributed by atoms with E-state index >= 15 is 0 Å². The summed E-state index contributed by atoms with van der Waals surface area (Å²) in [6.45, 7) is 6.51. The molecule has 0 bridgehead atoms. The Morgan fingerprint density at radius 2 is 1.66 bits per heavy atom. The Bertz CT molecular complexity index is 925. The number of benzene rings is 2. The number of nitrogens with zero attached hydrogens (tertiary/aromatic N) is 1. The zero-order chi connectivity index (χ0) is 21.2. The molecule has 0 aliphatic carbocycles. The van der Waals surface area contributed by atoms with Crippen LogP contribution in [0, 0.1) is 0 Å². The molecule has 0 saturated heterocycles. The molecule has 1 aliphatic rings. The largest absolute Gasteiger partial charge is 0.495 e. The summed E-state index contributed by atoms with van der Waals surface area (Å²) in [6, 6.07) is 12.5. The number of hydrogen-bond donors (Lipinski definition) is 1. The third-order valence-corrected chi connectivity index (χ3v) is 5.00. The van der Waals surface area contributed by atoms with Crippen LogP contribution in [0.5, 0.6) is 5.75 Å². The van der Waals surface area contributed by atoms with Crippen molar-refractivity contribution < 1.29 is 19.1 Å². The zero-order valence-electron chi connectivity index (χ0n) is 17.2. The molecule has 0 fully saturated rings. The molecule has 0 unspecified atom stereocenters. The van der Waals surface area contributed by atoms with E-state index in [1.54, 1.807) is 31.4 Å². The van der Waals surface area contributed by atoms with Gasteiger partial charge in [0, 0.05) is 13.0 Å². The van der Waals surface area contributed by atoms with Gasteiger partial charge in [0.25, 0.3) is 11.8 Å². The van der Waals surface area contributed by atoms with E-state index in [1.807, 2.05) is 18.2 Å². The number of methoxy groups -OCH3 is 1. The summed E-state index contributed by atoms with van der Waals surface area (Å²) in [7, 11) is 1.56. The minimum Gasteiger partial charge on any atom is -0.495 e. The average molecular weight is 394 g/mol. The van der Waals surface area contributed by atoms with Gasteiger partial charge in [-0.05, 0) is 41.7 Å². The molecule has 152 valence electrons. The molecule has 3 amide bonds. The Morgan fingerprint density at radius 3 is 2.21 bits per heavy atom. The molecule has 1 aliphatic heterocycles. The van der Waals surface area contributed by atoms with Gasteiger partial charge in [0.05, 0.1) is 23.9 Å². The highest BCUT2D eigenvalue weighted by Crippen LogP contribution is 2.31. The lowest BCUT2D eigenvalue weighted by molar-refractivity contribution is -0.116. The smallest absolute Gasteiger partial charge is 0.261 e. The maximum atomic E-state index is 12.4. The zero-order valence-corrected chi connectivity index (χ0v) is 17.2. The molecular weight excluding hydrogens is 368 g/mol. The van der Waals surface area contributed by atoms with E-state index < -0.39 is 0 Å². The first-order valence-electron chi connectivity index (χ1n) is 9.66. The van der Waals surface area contributed by atoms with E-state index in [0.717, 1.165) is 5.56 Å². The van der Waals surface area contributed by atoms with Crippen LogP contribution in [-0.4, -0.2) is 36.3 Å². The summed E-state index contributed by atoms with van der Waals surface area (Å²) in [6.07, 6.45) is 0.578. The summed E-state index contributed by atoms with van der Waals surface area (Å²) in [5.41, 5.74) is 2.48. The van der Waals surface area contributed by atoms with E-state index in [2.05, 4.69) is 26.1 Å². The van der Waals surface area contributed by atoms with Gasteiger partial charge < -0.3 is 10.1 Å². The van der Waals surface area contributed by atoms with Crippen molar-refractivity contribution in [3.8, 4) is 5.75 Å². The van der Waals surface area contributed by atoms with Gasteiger partial charge in [-0.15, -0.1) is 0 Å². The van der Waals surface area contributed by atoms with Crippen molar-refractivity contribution in [3.05, 3.63) is 59.2 Å². The van der Waals surface area contributed by atoms with Crippen molar-refractivity contribution in [2.45, 2.75) is 39.0 Å². The molecular formula is C23H26N2O4. The van der Waals surface area contributed by atoms with Gasteiger partial charge in [-0.2, -0.15) is 0 Å². The van der Waals surface area contributed by atoms with Gasteiger partial charge in [-0.1, -0.05) is 39.0 Å². The molecule has 1 N–H and O–H groups in total. The minimum absolute atomic E-state index is 0.0583. The number of hydrogen-bond acceptors (Lipinski definition) is 4. The van der Waals surface area contributed by atoms with Gasteiger partial charge in [0.15, 0.2) is 0 Å². The van der Waals surface area contributed by atoms with Crippen LogP contribution in [0.1, 0.15) is 59.9 Å². The predicted octanol–water partition coefficient (Wildman–Crippen LogP) is 4.01. The highest BCUT2D eigenvalue weighted by atomic mass is 16.5. The topological polar surface area (TPSA) is 75.7 Å². The van der Waals surface area contributed by atoms with Crippen LogP contribution in [0.25, 0.3) is 0 Å². The Balaban J connectivity index is 1.60. The molecule has 6 heteroatoms. The summed E-state index contributed by atoms with van der Waals surface area (Å²) in [5, 5.41) is 2.89. The highest BCUT2D eigenvalue weighted by molar-refractivity contribution is 6.21. The summed E-state index contributed by atoms with van der Waals surface area (Å²) < 4.78 is 5.35. The lowest BCUT2D eigenvalue weighted by Crippen LogP contribution is -2.31. The minimum atomic E-state index is -0.300. The quantitative estimate of drug-likeness (QED) is 0.751. The van der Waals surface area contributed by atoms with Crippen molar-refractivity contribution in [2.24, 2.45) is 0 Å². The molecule has 2 aromatic rings. The van der Waals surface area contributed by atoms with E-state index in [0.29, 0.717) is 29.0 Å². The van der Waals surface area contributed by atoms with Crippen molar-refractivity contribution in [1.82, 2.24) is 4.90 Å². The maximum Gasteiger partial charge on any atom is 0.261 e. The number of ether oxygens (including phenoxy) is 1. The van der Waals surface area contributed by atoms with E-state index in [1.165, 1.54) is 4.90 Å². The first-order valence-corrected chi connectivity index (χ1v) is 9.66. The second-order valence-corrected chi connectivity index (χ2v) is 8.12. The Labute approximate surface area is 170 Å². The van der Waals surface area contributed by atoms with Crippen LogP contribution in [0.4, 0.5) is 5.69 Å². The molecule has 0 atom stereocenters. The summed E-state index contributed by atoms with van der Waals surface area (Å²) in [4.78, 5) is 38.4. The number of anilines is 1. The fourth-order valence-electron chi connectivity index (χ4n) is 3.32. The Morgan fingerprint density at radius 1 is 1.03 bits per heavy atom. The lowest BCUT2D eigenvalue weighted by atomic mass is 9.87. The second kappa shape index (κ2) is 8.07. The number of amides is 3. The highest BCUT2D eigenvalue weighted by Gasteiger charge is 2.34. The number of imide groups is 1. The number of rotatable bonds is 6. The predicted molar refractivity (Wildman–Crippen MR) is 111 cm³/mol. The van der Waals surface area contributed by atoms with Crippen molar-refractivity contribution >= 4 is 23.4 Å². The second-order valence-electron chi connectivity index (χ2n) is 8.12. The third-order valence-electron chi connectivity index (χ3n) is 5.00. The van der Waals surface area contributed by atoms with Crippen molar-refractivity contribution in [1.29, 1.82) is 0 Å². The number of carbonyl (C=O) groups is 3. The summed E-state index contributed by atoms with van der Waals surface area (Å²) >= 11 is 0.